The molecule has 5 nitrogen and oxygen atoms in total. The van der Waals surface area contributed by atoms with Gasteiger partial charge in [-0.05, 0) is 94.0 Å². The molecule has 12 aromatic rings. The predicted octanol–water partition coefficient (Wildman–Crippen LogP) is 16.0. The third-order valence-electron chi connectivity index (χ3n) is 11.5. The lowest BCUT2D eigenvalue weighted by Crippen LogP contribution is -2.28. The van der Waals surface area contributed by atoms with E-state index < -0.39 is 21.4 Å². The molecular formula is C51H28F3NO4S3. The molecule has 0 saturated carbocycles. The van der Waals surface area contributed by atoms with Crippen molar-refractivity contribution in [1.29, 1.82) is 0 Å². The van der Waals surface area contributed by atoms with Gasteiger partial charge in [0.05, 0.1) is 10.4 Å². The van der Waals surface area contributed by atoms with E-state index in [2.05, 4.69) is 66.7 Å². The summed E-state index contributed by atoms with van der Waals surface area (Å²) in [5.41, 5.74) is -0.328. The zero-order chi connectivity index (χ0) is 41.9. The first kappa shape index (κ1) is 36.9. The first-order valence-corrected chi connectivity index (χ1v) is 22.7. The standard InChI is InChI=1S/C51H28F3NO4S3/c52-51(53,54)62(56,57)59-34-26-43-41-23-31(39-28-42-40-22-29-10-4-5-11-30(29)24-45(40)58-49(42)38-16-7-6-14-35(38)39)18-21-47(41)61-50(43)44(27-34)55(32-12-2-1-3-13-32)33-19-20-37-36-15-8-9-17-46(36)60-48(37)25-33/h1-28H. The number of hydrogen-bond donors (Lipinski definition) is 0. The van der Waals surface area contributed by atoms with E-state index in [1.807, 2.05) is 95.9 Å². The van der Waals surface area contributed by atoms with Gasteiger partial charge < -0.3 is 13.5 Å². The molecule has 0 fully saturated rings. The molecule has 0 saturated heterocycles. The van der Waals surface area contributed by atoms with E-state index in [9.17, 15) is 21.6 Å². The maximum atomic E-state index is 14.0. The molecule has 3 aromatic heterocycles. The Morgan fingerprint density at radius 2 is 1.21 bits per heavy atom. The van der Waals surface area contributed by atoms with Crippen LogP contribution >= 0.6 is 22.7 Å². The summed E-state index contributed by atoms with van der Waals surface area (Å²) in [5.74, 6) is -0.456. The first-order valence-electron chi connectivity index (χ1n) is 19.6. The molecule has 12 rings (SSSR count). The summed E-state index contributed by atoms with van der Waals surface area (Å²) >= 11 is 3.13. The summed E-state index contributed by atoms with van der Waals surface area (Å²) < 4.78 is 82.5. The van der Waals surface area contributed by atoms with E-state index in [1.54, 1.807) is 11.3 Å². The Morgan fingerprint density at radius 3 is 2.02 bits per heavy atom. The van der Waals surface area contributed by atoms with Crippen molar-refractivity contribution in [3.63, 3.8) is 0 Å². The average Bonchev–Trinajstić information content (AvgIpc) is 3.96. The Hall–Kier alpha value is -6.92. The Bertz CT molecular complexity index is 3930. The molecule has 11 heteroatoms. The van der Waals surface area contributed by atoms with Crippen LogP contribution in [0, 0.1) is 0 Å². The first-order chi connectivity index (χ1) is 30.1. The van der Waals surface area contributed by atoms with Gasteiger partial charge in [-0.3, -0.25) is 0 Å². The number of furan rings is 1. The lowest BCUT2D eigenvalue weighted by molar-refractivity contribution is -0.0500. The number of benzene rings is 9. The number of alkyl halides is 3. The fraction of sp³-hybridized carbons (Fsp3) is 0.0196. The normalized spacial score (nSPS) is 12.6. The fourth-order valence-electron chi connectivity index (χ4n) is 8.77. The van der Waals surface area contributed by atoms with Crippen LogP contribution in [0.2, 0.25) is 0 Å². The monoisotopic (exact) mass is 871 g/mol. The Kier molecular flexibility index (Phi) is 8.06. The lowest BCUT2D eigenvalue weighted by atomic mass is 9.94. The second-order valence-electron chi connectivity index (χ2n) is 15.2. The van der Waals surface area contributed by atoms with Crippen molar-refractivity contribution in [1.82, 2.24) is 0 Å². The highest BCUT2D eigenvalue weighted by Gasteiger charge is 2.48. The van der Waals surface area contributed by atoms with Gasteiger partial charge in [0.2, 0.25) is 0 Å². The van der Waals surface area contributed by atoms with Gasteiger partial charge in [-0.25, -0.2) is 0 Å². The number of rotatable bonds is 6. The van der Waals surface area contributed by atoms with Crippen molar-refractivity contribution in [3.05, 3.63) is 170 Å². The number of fused-ring (bicyclic) bond motifs is 12. The quantitative estimate of drug-likeness (QED) is 0.123. The van der Waals surface area contributed by atoms with Gasteiger partial charge in [-0.1, -0.05) is 97.1 Å². The lowest BCUT2D eigenvalue weighted by Gasteiger charge is -2.26. The van der Waals surface area contributed by atoms with Crippen molar-refractivity contribution in [2.75, 3.05) is 4.90 Å². The van der Waals surface area contributed by atoms with E-state index in [4.69, 9.17) is 8.60 Å². The molecule has 0 atom stereocenters. The number of para-hydroxylation sites is 1. The minimum absolute atomic E-state index is 0.456. The molecule has 0 unspecified atom stereocenters. The number of thiophene rings is 2. The minimum atomic E-state index is -6.02. The summed E-state index contributed by atoms with van der Waals surface area (Å²) in [6.07, 6.45) is 0. The van der Waals surface area contributed by atoms with Crippen molar-refractivity contribution < 1.29 is 30.2 Å². The van der Waals surface area contributed by atoms with Crippen LogP contribution in [0.15, 0.2) is 174 Å². The van der Waals surface area contributed by atoms with Gasteiger partial charge in [0.25, 0.3) is 0 Å². The van der Waals surface area contributed by atoms with E-state index in [-0.39, 0.29) is 0 Å². The average molecular weight is 872 g/mol. The van der Waals surface area contributed by atoms with Gasteiger partial charge in [0.1, 0.15) is 16.9 Å². The summed E-state index contributed by atoms with van der Waals surface area (Å²) in [4.78, 5) is 1.95. The van der Waals surface area contributed by atoms with Crippen LogP contribution in [-0.4, -0.2) is 13.9 Å². The molecule has 0 aliphatic heterocycles. The van der Waals surface area contributed by atoms with Crippen LogP contribution in [0.25, 0.3) is 95.0 Å². The molecule has 3 heterocycles. The molecule has 9 aromatic carbocycles. The van der Waals surface area contributed by atoms with Crippen molar-refractivity contribution in [3.8, 4) is 16.9 Å². The van der Waals surface area contributed by atoms with Gasteiger partial charge in [-0.15, -0.1) is 22.7 Å². The molecule has 0 aliphatic carbocycles. The number of halogens is 3. The highest BCUT2D eigenvalue weighted by molar-refractivity contribution is 7.88. The van der Waals surface area contributed by atoms with Crippen molar-refractivity contribution >= 4 is 134 Å². The SMILES string of the molecule is O=S(=O)(Oc1cc(N(c2ccccc2)c2ccc3c(c2)sc2ccccc23)c2sc3ccc(-c4cc5c6cc7ccccc7cc6oc5c5ccccc45)cc3c2c1)C(F)(F)F. The van der Waals surface area contributed by atoms with Crippen LogP contribution in [0.4, 0.5) is 30.2 Å². The third-order valence-corrected chi connectivity index (χ3v) is 14.9. The molecule has 62 heavy (non-hydrogen) atoms. The van der Waals surface area contributed by atoms with Crippen LogP contribution < -0.4 is 9.08 Å². The molecule has 0 bridgehead atoms. The molecule has 0 radical (unpaired) electrons. The van der Waals surface area contributed by atoms with Crippen LogP contribution in [0.1, 0.15) is 0 Å². The number of hydrogen-bond acceptors (Lipinski definition) is 7. The van der Waals surface area contributed by atoms with Crippen molar-refractivity contribution in [2.24, 2.45) is 0 Å². The zero-order valence-electron chi connectivity index (χ0n) is 32.1. The molecule has 0 spiro atoms. The third kappa shape index (κ3) is 5.76. The van der Waals surface area contributed by atoms with Crippen LogP contribution in [-0.2, 0) is 10.1 Å². The Labute approximate surface area is 359 Å². The second kappa shape index (κ2) is 13.5. The highest BCUT2D eigenvalue weighted by atomic mass is 32.2. The molecule has 0 amide bonds. The largest absolute Gasteiger partial charge is 0.534 e. The van der Waals surface area contributed by atoms with Crippen LogP contribution in [0.5, 0.6) is 5.75 Å². The summed E-state index contributed by atoms with van der Waals surface area (Å²) in [6, 6.07) is 55.2. The van der Waals surface area contributed by atoms with Gasteiger partial charge in [0.15, 0.2) is 0 Å². The van der Waals surface area contributed by atoms with Gasteiger partial charge in [0, 0.05) is 69.2 Å². The van der Waals surface area contributed by atoms with E-state index in [0.717, 1.165) is 101 Å². The maximum Gasteiger partial charge on any atom is 0.534 e. The summed E-state index contributed by atoms with van der Waals surface area (Å²) in [6.45, 7) is 0. The van der Waals surface area contributed by atoms with Crippen LogP contribution in [0.3, 0.4) is 0 Å². The minimum Gasteiger partial charge on any atom is -0.455 e. The Balaban J connectivity index is 1.11. The molecule has 0 aliphatic rings. The van der Waals surface area contributed by atoms with E-state index in [1.165, 1.54) is 23.5 Å². The summed E-state index contributed by atoms with van der Waals surface area (Å²) in [7, 11) is -6.02. The van der Waals surface area contributed by atoms with Gasteiger partial charge >= 0.3 is 15.6 Å². The van der Waals surface area contributed by atoms with Gasteiger partial charge in [-0.2, -0.15) is 21.6 Å². The second-order valence-corrected chi connectivity index (χ2v) is 18.9. The number of anilines is 3. The summed E-state index contributed by atoms with van der Waals surface area (Å²) in [5, 5.41) is 9.52. The van der Waals surface area contributed by atoms with E-state index in [0.29, 0.717) is 11.1 Å². The smallest absolute Gasteiger partial charge is 0.455 e. The highest BCUT2D eigenvalue weighted by Crippen LogP contribution is 2.50. The molecular weight excluding hydrogens is 844 g/mol. The fourth-order valence-corrected chi connectivity index (χ4v) is 11.5. The zero-order valence-corrected chi connectivity index (χ0v) is 34.6. The topological polar surface area (TPSA) is 59.8 Å². The number of nitrogens with zero attached hydrogens (tertiary/aromatic N) is 1. The molecule has 300 valence electrons. The van der Waals surface area contributed by atoms with E-state index >= 15 is 0 Å². The predicted molar refractivity (Wildman–Crippen MR) is 250 cm³/mol. The van der Waals surface area contributed by atoms with Crippen molar-refractivity contribution in [2.45, 2.75) is 5.51 Å². The Morgan fingerprint density at radius 1 is 0.516 bits per heavy atom. The molecule has 0 N–H and O–H groups in total. The maximum absolute atomic E-state index is 14.0.